The first-order chi connectivity index (χ1) is 8.75. The van der Waals surface area contributed by atoms with E-state index in [2.05, 4.69) is 0 Å². The van der Waals surface area contributed by atoms with Crippen molar-refractivity contribution in [2.75, 3.05) is 0 Å². The van der Waals surface area contributed by atoms with Crippen LogP contribution in [0.25, 0.3) is 0 Å². The van der Waals surface area contributed by atoms with Crippen molar-refractivity contribution in [3.8, 4) is 6.07 Å². The van der Waals surface area contributed by atoms with E-state index < -0.39 is 26.0 Å². The summed E-state index contributed by atoms with van der Waals surface area (Å²) in [5.41, 5.74) is -0.377. The molecule has 0 aliphatic rings. The third-order valence-electron chi connectivity index (χ3n) is 2.45. The molecule has 1 rings (SSSR count). The van der Waals surface area contributed by atoms with E-state index >= 15 is 0 Å². The summed E-state index contributed by atoms with van der Waals surface area (Å²) in [5, 5.41) is 16.1. The molecule has 0 amide bonds. The number of carboxylic acids is 1. The van der Waals surface area contributed by atoms with Gasteiger partial charge in [-0.3, -0.25) is 0 Å². The van der Waals surface area contributed by atoms with Gasteiger partial charge >= 0.3 is 5.97 Å². The molecular formula is C11H9Cl2NO4S. The first-order valence-electron chi connectivity index (χ1n) is 5.11. The summed E-state index contributed by atoms with van der Waals surface area (Å²) < 4.78 is 24.3. The number of hydrogen-bond acceptors (Lipinski definition) is 4. The van der Waals surface area contributed by atoms with Crippen LogP contribution in [0.5, 0.6) is 0 Å². The molecule has 8 heteroatoms. The average Bonchev–Trinajstić information content (AvgIpc) is 2.29. The SMILES string of the molecule is CCC(C#N)S(=O)(=O)c1cc(C(=O)O)c(Cl)cc1Cl. The summed E-state index contributed by atoms with van der Waals surface area (Å²) in [6, 6.07) is 3.58. The Morgan fingerprint density at radius 2 is 2.00 bits per heavy atom. The van der Waals surface area contributed by atoms with E-state index in [1.54, 1.807) is 6.07 Å². The Balaban J connectivity index is 3.57. The van der Waals surface area contributed by atoms with Crippen LogP contribution in [-0.2, 0) is 9.84 Å². The molecule has 0 bridgehead atoms. The molecule has 19 heavy (non-hydrogen) atoms. The lowest BCUT2D eigenvalue weighted by Crippen LogP contribution is -2.19. The van der Waals surface area contributed by atoms with Gasteiger partial charge in [0.15, 0.2) is 15.1 Å². The number of carboxylic acid groups (broad SMARTS) is 1. The van der Waals surface area contributed by atoms with Crippen molar-refractivity contribution in [1.29, 1.82) is 5.26 Å². The van der Waals surface area contributed by atoms with E-state index in [9.17, 15) is 13.2 Å². The molecule has 0 heterocycles. The van der Waals surface area contributed by atoms with Crippen molar-refractivity contribution in [2.45, 2.75) is 23.5 Å². The van der Waals surface area contributed by atoms with Gasteiger partial charge in [0.1, 0.15) is 0 Å². The van der Waals surface area contributed by atoms with Crippen molar-refractivity contribution in [3.05, 3.63) is 27.7 Å². The Morgan fingerprint density at radius 3 is 2.42 bits per heavy atom. The molecule has 1 aromatic carbocycles. The molecular weight excluding hydrogens is 313 g/mol. The molecule has 102 valence electrons. The number of sulfone groups is 1. The number of halogens is 2. The van der Waals surface area contributed by atoms with Gasteiger partial charge in [-0.15, -0.1) is 0 Å². The Bertz CT molecular complexity index is 664. The van der Waals surface area contributed by atoms with E-state index in [0.29, 0.717) is 0 Å². The lowest BCUT2D eigenvalue weighted by Gasteiger charge is -2.11. The molecule has 0 aliphatic heterocycles. The zero-order valence-corrected chi connectivity index (χ0v) is 12.1. The van der Waals surface area contributed by atoms with Crippen molar-refractivity contribution in [3.63, 3.8) is 0 Å². The summed E-state index contributed by atoms with van der Waals surface area (Å²) in [7, 11) is -4.02. The number of rotatable bonds is 4. The third-order valence-corrected chi connectivity index (χ3v) is 5.32. The predicted molar refractivity (Wildman–Crippen MR) is 70.3 cm³/mol. The van der Waals surface area contributed by atoms with Gasteiger partial charge in [-0.2, -0.15) is 5.26 Å². The highest BCUT2D eigenvalue weighted by Gasteiger charge is 2.29. The monoisotopic (exact) mass is 321 g/mol. The van der Waals surface area contributed by atoms with Crippen molar-refractivity contribution in [1.82, 2.24) is 0 Å². The smallest absolute Gasteiger partial charge is 0.337 e. The molecule has 1 unspecified atom stereocenters. The zero-order chi connectivity index (χ0) is 14.8. The van der Waals surface area contributed by atoms with Crippen LogP contribution in [0.4, 0.5) is 0 Å². The van der Waals surface area contributed by atoms with Crippen LogP contribution >= 0.6 is 23.2 Å². The number of aromatic carboxylic acids is 1. The minimum absolute atomic E-state index is 0.0696. The van der Waals surface area contributed by atoms with Crippen LogP contribution in [0, 0.1) is 11.3 Å². The molecule has 0 saturated carbocycles. The third kappa shape index (κ3) is 3.00. The van der Waals surface area contributed by atoms with Gasteiger partial charge in [0, 0.05) is 0 Å². The van der Waals surface area contributed by atoms with Crippen LogP contribution < -0.4 is 0 Å². The molecule has 1 aromatic rings. The molecule has 0 spiro atoms. The molecule has 1 N–H and O–H groups in total. The van der Waals surface area contributed by atoms with Crippen LogP contribution in [0.2, 0.25) is 10.0 Å². The van der Waals surface area contributed by atoms with Crippen molar-refractivity contribution >= 4 is 39.0 Å². The summed E-state index contributed by atoms with van der Waals surface area (Å²) in [4.78, 5) is 10.5. The standard InChI is InChI=1S/C11H9Cl2NO4S/c1-2-6(5-14)19(17,18)10-3-7(11(15)16)8(12)4-9(10)13/h3-4,6H,2H2,1H3,(H,15,16). The van der Waals surface area contributed by atoms with Crippen LogP contribution in [-0.4, -0.2) is 24.7 Å². The molecule has 0 aliphatic carbocycles. The fourth-order valence-corrected chi connectivity index (χ4v) is 3.73. The summed E-state index contributed by atoms with van der Waals surface area (Å²) >= 11 is 11.5. The molecule has 0 radical (unpaired) electrons. The first kappa shape index (κ1) is 15.8. The summed E-state index contributed by atoms with van der Waals surface area (Å²) in [6.07, 6.45) is 0.0696. The highest BCUT2D eigenvalue weighted by molar-refractivity contribution is 7.92. The predicted octanol–water partition coefficient (Wildman–Crippen LogP) is 2.77. The average molecular weight is 322 g/mol. The Hall–Kier alpha value is -1.29. The van der Waals surface area contributed by atoms with E-state index in [0.717, 1.165) is 12.1 Å². The maximum absolute atomic E-state index is 12.2. The second-order valence-electron chi connectivity index (χ2n) is 3.64. The van der Waals surface area contributed by atoms with Gasteiger partial charge in [0.25, 0.3) is 0 Å². The number of hydrogen-bond donors (Lipinski definition) is 1. The lowest BCUT2D eigenvalue weighted by molar-refractivity contribution is 0.0697. The number of benzene rings is 1. The highest BCUT2D eigenvalue weighted by Crippen LogP contribution is 2.31. The van der Waals surface area contributed by atoms with E-state index in [4.69, 9.17) is 33.6 Å². The maximum atomic E-state index is 12.2. The van der Waals surface area contributed by atoms with Gasteiger partial charge in [-0.1, -0.05) is 30.1 Å². The normalized spacial score (nSPS) is 12.7. The lowest BCUT2D eigenvalue weighted by atomic mass is 10.2. The van der Waals surface area contributed by atoms with Gasteiger partial charge in [-0.05, 0) is 18.6 Å². The molecule has 5 nitrogen and oxygen atoms in total. The molecule has 1 atom stereocenters. The van der Waals surface area contributed by atoms with Gasteiger partial charge in [0.2, 0.25) is 0 Å². The van der Waals surface area contributed by atoms with Crippen LogP contribution in [0.1, 0.15) is 23.7 Å². The minimum atomic E-state index is -4.02. The summed E-state index contributed by atoms with van der Waals surface area (Å²) in [5.74, 6) is -1.37. The van der Waals surface area contributed by atoms with E-state index in [1.165, 1.54) is 6.92 Å². The Morgan fingerprint density at radius 1 is 1.42 bits per heavy atom. The Labute approximate surface area is 120 Å². The molecule has 0 fully saturated rings. The number of nitriles is 1. The topological polar surface area (TPSA) is 95.2 Å². The molecule has 0 aromatic heterocycles. The van der Waals surface area contributed by atoms with E-state index in [-0.39, 0.29) is 22.0 Å². The van der Waals surface area contributed by atoms with Crippen molar-refractivity contribution < 1.29 is 18.3 Å². The Kier molecular flexibility index (Phi) is 4.80. The fraction of sp³-hybridized carbons (Fsp3) is 0.273. The van der Waals surface area contributed by atoms with E-state index in [1.807, 2.05) is 0 Å². The molecule has 0 saturated heterocycles. The second-order valence-corrected chi connectivity index (χ2v) is 6.55. The minimum Gasteiger partial charge on any atom is -0.478 e. The second kappa shape index (κ2) is 5.78. The van der Waals surface area contributed by atoms with Gasteiger partial charge in [-0.25, -0.2) is 13.2 Å². The first-order valence-corrected chi connectivity index (χ1v) is 7.41. The number of carbonyl (C=O) groups is 1. The maximum Gasteiger partial charge on any atom is 0.337 e. The van der Waals surface area contributed by atoms with Crippen LogP contribution in [0.3, 0.4) is 0 Å². The van der Waals surface area contributed by atoms with Crippen molar-refractivity contribution in [2.24, 2.45) is 0 Å². The van der Waals surface area contributed by atoms with Gasteiger partial charge in [0.05, 0.1) is 26.6 Å². The van der Waals surface area contributed by atoms with Crippen LogP contribution in [0.15, 0.2) is 17.0 Å². The fourth-order valence-electron chi connectivity index (χ4n) is 1.44. The number of nitrogens with zero attached hydrogens (tertiary/aromatic N) is 1. The van der Waals surface area contributed by atoms with Gasteiger partial charge < -0.3 is 5.11 Å². The summed E-state index contributed by atoms with van der Waals surface area (Å²) in [6.45, 7) is 1.54. The quantitative estimate of drug-likeness (QED) is 0.919. The zero-order valence-electron chi connectivity index (χ0n) is 9.72. The highest BCUT2D eigenvalue weighted by atomic mass is 35.5. The largest absolute Gasteiger partial charge is 0.478 e.